The van der Waals surface area contributed by atoms with E-state index in [0.29, 0.717) is 43.9 Å². The van der Waals surface area contributed by atoms with Crippen LogP contribution in [0.4, 0.5) is 0 Å². The van der Waals surface area contributed by atoms with E-state index < -0.39 is 0 Å². The highest BCUT2D eigenvalue weighted by atomic mass is 16.5. The summed E-state index contributed by atoms with van der Waals surface area (Å²) in [5.41, 5.74) is 1.42. The van der Waals surface area contributed by atoms with Gasteiger partial charge < -0.3 is 14.1 Å². The van der Waals surface area contributed by atoms with Gasteiger partial charge in [-0.2, -0.15) is 0 Å². The van der Waals surface area contributed by atoms with Crippen molar-refractivity contribution in [2.45, 2.75) is 19.8 Å². The zero-order valence-electron chi connectivity index (χ0n) is 13.7. The summed E-state index contributed by atoms with van der Waals surface area (Å²) < 4.78 is 10.5. The Labute approximate surface area is 141 Å². The first-order chi connectivity index (χ1) is 11.7. The number of benzene rings is 1. The minimum atomic E-state index is -0.152. The Bertz CT molecular complexity index is 700. The molecule has 2 aromatic rings. The first kappa shape index (κ1) is 16.3. The van der Waals surface area contributed by atoms with Crippen molar-refractivity contribution in [2.24, 2.45) is 5.92 Å². The number of esters is 1. The van der Waals surface area contributed by atoms with Crippen molar-refractivity contribution < 1.29 is 18.7 Å². The second kappa shape index (κ2) is 7.34. The third-order valence-corrected chi connectivity index (χ3v) is 4.35. The second-order valence-corrected chi connectivity index (χ2v) is 5.84. The lowest BCUT2D eigenvalue weighted by Crippen LogP contribution is -2.40. The van der Waals surface area contributed by atoms with E-state index in [1.807, 2.05) is 37.3 Å². The Morgan fingerprint density at radius 2 is 1.92 bits per heavy atom. The highest BCUT2D eigenvalue weighted by Crippen LogP contribution is 2.27. The van der Waals surface area contributed by atoms with Crippen LogP contribution in [0.15, 0.2) is 47.1 Å². The number of furan rings is 1. The summed E-state index contributed by atoms with van der Waals surface area (Å²) in [5.74, 6) is 0.402. The second-order valence-electron chi connectivity index (χ2n) is 5.84. The third-order valence-electron chi connectivity index (χ3n) is 4.35. The molecule has 1 aliphatic heterocycles. The topological polar surface area (TPSA) is 59.8 Å². The monoisotopic (exact) mass is 327 g/mol. The van der Waals surface area contributed by atoms with E-state index in [1.165, 1.54) is 0 Å². The number of amides is 1. The molecule has 0 bridgehead atoms. The van der Waals surface area contributed by atoms with Gasteiger partial charge in [-0.05, 0) is 38.0 Å². The van der Waals surface area contributed by atoms with Crippen molar-refractivity contribution in [3.05, 3.63) is 48.2 Å². The number of piperidine rings is 1. The van der Waals surface area contributed by atoms with Crippen LogP contribution in [0.3, 0.4) is 0 Å². The summed E-state index contributed by atoms with van der Waals surface area (Å²) in [6.45, 7) is 3.33. The number of rotatable bonds is 4. The zero-order chi connectivity index (χ0) is 16.9. The standard InChI is InChI=1S/C19H21NO4/c1-2-23-19(22)14-9-11-20(12-10-14)18(21)16-7-4-3-6-15(16)17-8-5-13-24-17/h3-8,13-14H,2,9-12H2,1H3. The van der Waals surface area contributed by atoms with E-state index in [9.17, 15) is 9.59 Å². The average molecular weight is 327 g/mol. The quantitative estimate of drug-likeness (QED) is 0.808. The van der Waals surface area contributed by atoms with Gasteiger partial charge in [-0.15, -0.1) is 0 Å². The van der Waals surface area contributed by atoms with Gasteiger partial charge in [-0.25, -0.2) is 0 Å². The van der Waals surface area contributed by atoms with E-state index >= 15 is 0 Å². The molecule has 0 unspecified atom stereocenters. The number of nitrogens with zero attached hydrogens (tertiary/aromatic N) is 1. The van der Waals surface area contributed by atoms with Crippen LogP contribution in [0, 0.1) is 5.92 Å². The van der Waals surface area contributed by atoms with Gasteiger partial charge in [-0.3, -0.25) is 9.59 Å². The maximum atomic E-state index is 12.9. The van der Waals surface area contributed by atoms with Crippen molar-refractivity contribution in [3.63, 3.8) is 0 Å². The Hall–Kier alpha value is -2.56. The summed E-state index contributed by atoms with van der Waals surface area (Å²) >= 11 is 0. The number of carbonyl (C=O) groups is 2. The van der Waals surface area contributed by atoms with E-state index in [1.54, 1.807) is 17.2 Å². The molecule has 0 spiro atoms. The van der Waals surface area contributed by atoms with Crippen molar-refractivity contribution in [2.75, 3.05) is 19.7 Å². The molecular formula is C19H21NO4. The van der Waals surface area contributed by atoms with E-state index in [2.05, 4.69) is 0 Å². The molecule has 126 valence electrons. The number of ether oxygens (including phenoxy) is 1. The van der Waals surface area contributed by atoms with Gasteiger partial charge in [0, 0.05) is 18.7 Å². The number of hydrogen-bond acceptors (Lipinski definition) is 4. The molecule has 24 heavy (non-hydrogen) atoms. The maximum absolute atomic E-state index is 12.9. The molecule has 2 heterocycles. The fourth-order valence-corrected chi connectivity index (χ4v) is 3.07. The van der Waals surface area contributed by atoms with Crippen LogP contribution in [0.1, 0.15) is 30.1 Å². The number of likely N-dealkylation sites (tertiary alicyclic amines) is 1. The van der Waals surface area contributed by atoms with Crippen molar-refractivity contribution in [1.82, 2.24) is 4.90 Å². The van der Waals surface area contributed by atoms with E-state index in [-0.39, 0.29) is 17.8 Å². The van der Waals surface area contributed by atoms with Crippen molar-refractivity contribution >= 4 is 11.9 Å². The van der Waals surface area contributed by atoms with Crippen LogP contribution < -0.4 is 0 Å². The van der Waals surface area contributed by atoms with Gasteiger partial charge in [0.25, 0.3) is 5.91 Å². The summed E-state index contributed by atoms with van der Waals surface area (Å²) in [6.07, 6.45) is 2.89. The molecule has 5 heteroatoms. The molecule has 1 aromatic carbocycles. The van der Waals surface area contributed by atoms with Gasteiger partial charge in [0.2, 0.25) is 0 Å². The van der Waals surface area contributed by atoms with Gasteiger partial charge >= 0.3 is 5.97 Å². The molecule has 0 N–H and O–H groups in total. The lowest BCUT2D eigenvalue weighted by Gasteiger charge is -2.31. The van der Waals surface area contributed by atoms with Gasteiger partial charge in [0.05, 0.1) is 24.4 Å². The van der Waals surface area contributed by atoms with Crippen LogP contribution in [0.5, 0.6) is 0 Å². The Balaban J connectivity index is 1.72. The van der Waals surface area contributed by atoms with Gasteiger partial charge in [0.1, 0.15) is 5.76 Å². The predicted octanol–water partition coefficient (Wildman–Crippen LogP) is 3.36. The molecular weight excluding hydrogens is 306 g/mol. The Morgan fingerprint density at radius 3 is 2.58 bits per heavy atom. The fraction of sp³-hybridized carbons (Fsp3) is 0.368. The molecule has 1 aliphatic rings. The first-order valence-electron chi connectivity index (χ1n) is 8.29. The summed E-state index contributed by atoms with van der Waals surface area (Å²) in [4.78, 5) is 26.5. The van der Waals surface area contributed by atoms with Crippen LogP contribution in [-0.2, 0) is 9.53 Å². The Morgan fingerprint density at radius 1 is 1.17 bits per heavy atom. The minimum Gasteiger partial charge on any atom is -0.466 e. The molecule has 1 saturated heterocycles. The predicted molar refractivity (Wildman–Crippen MR) is 89.4 cm³/mol. The van der Waals surface area contributed by atoms with E-state index in [4.69, 9.17) is 9.15 Å². The molecule has 0 radical (unpaired) electrons. The highest BCUT2D eigenvalue weighted by molar-refractivity contribution is 6.00. The van der Waals surface area contributed by atoms with Crippen LogP contribution in [-0.4, -0.2) is 36.5 Å². The van der Waals surface area contributed by atoms with Gasteiger partial charge in [-0.1, -0.05) is 18.2 Å². The molecule has 1 amide bonds. The normalized spacial score (nSPS) is 15.3. The molecule has 3 rings (SSSR count). The van der Waals surface area contributed by atoms with Crippen LogP contribution in [0.25, 0.3) is 11.3 Å². The molecule has 1 fully saturated rings. The molecule has 0 atom stereocenters. The first-order valence-corrected chi connectivity index (χ1v) is 8.29. The zero-order valence-corrected chi connectivity index (χ0v) is 13.7. The van der Waals surface area contributed by atoms with Crippen LogP contribution in [0.2, 0.25) is 0 Å². The maximum Gasteiger partial charge on any atom is 0.309 e. The van der Waals surface area contributed by atoms with Crippen molar-refractivity contribution in [1.29, 1.82) is 0 Å². The summed E-state index contributed by atoms with van der Waals surface area (Å²) in [6, 6.07) is 11.1. The smallest absolute Gasteiger partial charge is 0.309 e. The van der Waals surface area contributed by atoms with E-state index in [0.717, 1.165) is 5.56 Å². The van der Waals surface area contributed by atoms with Crippen LogP contribution >= 0.6 is 0 Å². The van der Waals surface area contributed by atoms with Gasteiger partial charge in [0.15, 0.2) is 0 Å². The highest BCUT2D eigenvalue weighted by Gasteiger charge is 2.29. The fourth-order valence-electron chi connectivity index (χ4n) is 3.07. The molecule has 0 saturated carbocycles. The summed E-state index contributed by atoms with van der Waals surface area (Å²) in [7, 11) is 0. The largest absolute Gasteiger partial charge is 0.466 e. The number of carbonyl (C=O) groups excluding carboxylic acids is 2. The SMILES string of the molecule is CCOC(=O)C1CCN(C(=O)c2ccccc2-c2ccco2)CC1. The third kappa shape index (κ3) is 3.35. The average Bonchev–Trinajstić information content (AvgIpc) is 3.16. The molecule has 5 nitrogen and oxygen atoms in total. The summed E-state index contributed by atoms with van der Waals surface area (Å²) in [5, 5.41) is 0. The lowest BCUT2D eigenvalue weighted by atomic mass is 9.95. The minimum absolute atomic E-state index is 0.0238. The molecule has 0 aliphatic carbocycles. The molecule has 1 aromatic heterocycles. The Kier molecular flexibility index (Phi) is 4.99. The number of hydrogen-bond donors (Lipinski definition) is 0. The lowest BCUT2D eigenvalue weighted by molar-refractivity contribution is -0.149. The van der Waals surface area contributed by atoms with Crippen molar-refractivity contribution in [3.8, 4) is 11.3 Å².